The standard InChI is InChI=1S/C22H23N3O2/c1-4-22(27)25(3)20-11-9-17(10-12-20)16-5-7-18(8-6-16)21(26)15-19-13-14-24(2)23-19/h5-14H,4,15H2,1-3H3. The van der Waals surface area contributed by atoms with Gasteiger partial charge in [0.15, 0.2) is 5.78 Å². The van der Waals surface area contributed by atoms with Crippen LogP contribution >= 0.6 is 0 Å². The van der Waals surface area contributed by atoms with E-state index in [1.807, 2.05) is 74.8 Å². The van der Waals surface area contributed by atoms with Crippen LogP contribution < -0.4 is 4.90 Å². The Kier molecular flexibility index (Phi) is 5.50. The molecule has 3 aromatic rings. The molecule has 0 radical (unpaired) electrons. The van der Waals surface area contributed by atoms with Crippen molar-refractivity contribution in [3.63, 3.8) is 0 Å². The maximum atomic E-state index is 12.4. The van der Waals surface area contributed by atoms with Crippen LogP contribution in [-0.2, 0) is 18.3 Å². The smallest absolute Gasteiger partial charge is 0.226 e. The predicted molar refractivity (Wildman–Crippen MR) is 107 cm³/mol. The number of nitrogens with zero attached hydrogens (tertiary/aromatic N) is 3. The van der Waals surface area contributed by atoms with Gasteiger partial charge in [-0.3, -0.25) is 14.3 Å². The molecule has 0 saturated heterocycles. The van der Waals surface area contributed by atoms with Gasteiger partial charge in [0.25, 0.3) is 0 Å². The van der Waals surface area contributed by atoms with Crippen molar-refractivity contribution in [2.45, 2.75) is 19.8 Å². The second-order valence-corrected chi connectivity index (χ2v) is 6.51. The summed E-state index contributed by atoms with van der Waals surface area (Å²) in [4.78, 5) is 25.8. The molecule has 1 heterocycles. The average molecular weight is 361 g/mol. The second-order valence-electron chi connectivity index (χ2n) is 6.51. The molecule has 1 amide bonds. The van der Waals surface area contributed by atoms with E-state index in [0.29, 0.717) is 18.4 Å². The molecule has 5 nitrogen and oxygen atoms in total. The number of carbonyl (C=O) groups excluding carboxylic acids is 2. The number of aromatic nitrogens is 2. The number of Topliss-reactive ketones (excluding diaryl/α,β-unsaturated/α-hetero) is 1. The molecule has 3 rings (SSSR count). The van der Waals surface area contributed by atoms with Crippen LogP contribution in [0.5, 0.6) is 0 Å². The maximum absolute atomic E-state index is 12.4. The lowest BCUT2D eigenvalue weighted by Crippen LogP contribution is -2.24. The van der Waals surface area contributed by atoms with Gasteiger partial charge in [-0.05, 0) is 29.3 Å². The lowest BCUT2D eigenvalue weighted by Gasteiger charge is -2.16. The Morgan fingerprint density at radius 3 is 2.07 bits per heavy atom. The van der Waals surface area contributed by atoms with E-state index in [0.717, 1.165) is 22.5 Å². The van der Waals surface area contributed by atoms with Gasteiger partial charge >= 0.3 is 0 Å². The first-order valence-electron chi connectivity index (χ1n) is 8.96. The van der Waals surface area contributed by atoms with Gasteiger partial charge in [0.1, 0.15) is 0 Å². The minimum atomic E-state index is 0.0512. The molecule has 138 valence electrons. The second kappa shape index (κ2) is 7.99. The van der Waals surface area contributed by atoms with Gasteiger partial charge < -0.3 is 4.90 Å². The number of amides is 1. The van der Waals surface area contributed by atoms with Crippen molar-refractivity contribution >= 4 is 17.4 Å². The monoisotopic (exact) mass is 361 g/mol. The molecule has 0 aliphatic carbocycles. The van der Waals surface area contributed by atoms with E-state index in [4.69, 9.17) is 0 Å². The van der Waals surface area contributed by atoms with Gasteiger partial charge in [-0.15, -0.1) is 0 Å². The third kappa shape index (κ3) is 4.31. The molecule has 0 fully saturated rings. The molecule has 0 bridgehead atoms. The molecule has 0 N–H and O–H groups in total. The van der Waals surface area contributed by atoms with E-state index in [2.05, 4.69) is 5.10 Å². The topological polar surface area (TPSA) is 55.2 Å². The molecular formula is C22H23N3O2. The molecule has 0 saturated carbocycles. The van der Waals surface area contributed by atoms with Gasteiger partial charge in [-0.25, -0.2) is 0 Å². The number of hydrogen-bond acceptors (Lipinski definition) is 3. The number of rotatable bonds is 6. The van der Waals surface area contributed by atoms with Crippen molar-refractivity contribution in [1.82, 2.24) is 9.78 Å². The Morgan fingerprint density at radius 2 is 1.56 bits per heavy atom. The number of anilines is 1. The van der Waals surface area contributed by atoms with Gasteiger partial charge in [0.05, 0.1) is 12.1 Å². The van der Waals surface area contributed by atoms with Crippen LogP contribution in [-0.4, -0.2) is 28.5 Å². The maximum Gasteiger partial charge on any atom is 0.226 e. The van der Waals surface area contributed by atoms with Crippen LogP contribution in [0.25, 0.3) is 11.1 Å². The van der Waals surface area contributed by atoms with Crippen LogP contribution in [0, 0.1) is 0 Å². The van der Waals surface area contributed by atoms with Gasteiger partial charge in [0.2, 0.25) is 5.91 Å². The van der Waals surface area contributed by atoms with Gasteiger partial charge in [-0.2, -0.15) is 5.10 Å². The Morgan fingerprint density at radius 1 is 0.963 bits per heavy atom. The fraction of sp³-hybridized carbons (Fsp3) is 0.227. The van der Waals surface area contributed by atoms with Crippen LogP contribution in [0.15, 0.2) is 60.8 Å². The van der Waals surface area contributed by atoms with Crippen LogP contribution in [0.3, 0.4) is 0 Å². The molecule has 2 aromatic carbocycles. The number of carbonyl (C=O) groups is 2. The lowest BCUT2D eigenvalue weighted by atomic mass is 10.0. The third-order valence-electron chi connectivity index (χ3n) is 4.58. The number of hydrogen-bond donors (Lipinski definition) is 0. The fourth-order valence-electron chi connectivity index (χ4n) is 2.93. The summed E-state index contributed by atoms with van der Waals surface area (Å²) < 4.78 is 1.70. The molecular weight excluding hydrogens is 338 g/mol. The molecule has 1 aromatic heterocycles. The first-order valence-corrected chi connectivity index (χ1v) is 8.96. The molecule has 5 heteroatoms. The van der Waals surface area contributed by atoms with Crippen LogP contribution in [0.1, 0.15) is 29.4 Å². The van der Waals surface area contributed by atoms with E-state index in [-0.39, 0.29) is 11.7 Å². The molecule has 27 heavy (non-hydrogen) atoms. The van der Waals surface area contributed by atoms with Crippen molar-refractivity contribution in [3.05, 3.63) is 72.1 Å². The zero-order chi connectivity index (χ0) is 19.4. The molecule has 0 aliphatic rings. The number of benzene rings is 2. The van der Waals surface area contributed by atoms with Crippen molar-refractivity contribution in [3.8, 4) is 11.1 Å². The number of aryl methyl sites for hydroxylation is 1. The summed E-state index contributed by atoms with van der Waals surface area (Å²) >= 11 is 0. The van der Waals surface area contributed by atoms with Crippen molar-refractivity contribution < 1.29 is 9.59 Å². The Bertz CT molecular complexity index is 940. The minimum Gasteiger partial charge on any atom is -0.316 e. The summed E-state index contributed by atoms with van der Waals surface area (Å²) in [5, 5.41) is 4.25. The Labute approximate surface area is 159 Å². The van der Waals surface area contributed by atoms with Crippen LogP contribution in [0.2, 0.25) is 0 Å². The molecule has 0 spiro atoms. The molecule has 0 unspecified atom stereocenters. The number of ketones is 1. The van der Waals surface area contributed by atoms with E-state index in [1.165, 1.54) is 0 Å². The SMILES string of the molecule is CCC(=O)N(C)c1ccc(-c2ccc(C(=O)Cc3ccn(C)n3)cc2)cc1. The summed E-state index contributed by atoms with van der Waals surface area (Å²) in [6, 6.07) is 17.3. The summed E-state index contributed by atoms with van der Waals surface area (Å²) in [7, 11) is 3.62. The van der Waals surface area contributed by atoms with Crippen molar-refractivity contribution in [2.24, 2.45) is 7.05 Å². The van der Waals surface area contributed by atoms with E-state index >= 15 is 0 Å². The third-order valence-corrected chi connectivity index (χ3v) is 4.58. The van der Waals surface area contributed by atoms with Gasteiger partial charge in [0, 0.05) is 38.0 Å². The summed E-state index contributed by atoms with van der Waals surface area (Å²) in [5.74, 6) is 0.133. The Balaban J connectivity index is 1.71. The molecule has 0 aliphatic heterocycles. The Hall–Kier alpha value is -3.21. The van der Waals surface area contributed by atoms with Crippen LogP contribution in [0.4, 0.5) is 5.69 Å². The highest BCUT2D eigenvalue weighted by Crippen LogP contribution is 2.24. The highest BCUT2D eigenvalue weighted by molar-refractivity contribution is 5.97. The summed E-state index contributed by atoms with van der Waals surface area (Å²) in [5.41, 5.74) is 4.38. The highest BCUT2D eigenvalue weighted by atomic mass is 16.2. The van der Waals surface area contributed by atoms with E-state index in [9.17, 15) is 9.59 Å². The van der Waals surface area contributed by atoms with Crippen molar-refractivity contribution in [1.29, 1.82) is 0 Å². The predicted octanol–water partition coefficient (Wildman–Crippen LogP) is 3.89. The quantitative estimate of drug-likeness (QED) is 0.626. The normalized spacial score (nSPS) is 10.6. The molecule has 0 atom stereocenters. The first kappa shape index (κ1) is 18.6. The van der Waals surface area contributed by atoms with E-state index in [1.54, 1.807) is 16.6 Å². The lowest BCUT2D eigenvalue weighted by molar-refractivity contribution is -0.118. The first-order chi connectivity index (χ1) is 13.0. The van der Waals surface area contributed by atoms with Crippen molar-refractivity contribution in [2.75, 3.05) is 11.9 Å². The average Bonchev–Trinajstić information content (AvgIpc) is 3.11. The fourth-order valence-corrected chi connectivity index (χ4v) is 2.93. The largest absolute Gasteiger partial charge is 0.316 e. The van der Waals surface area contributed by atoms with Gasteiger partial charge in [-0.1, -0.05) is 43.3 Å². The minimum absolute atomic E-state index is 0.0512. The summed E-state index contributed by atoms with van der Waals surface area (Å²) in [6.45, 7) is 1.85. The zero-order valence-electron chi connectivity index (χ0n) is 15.8. The zero-order valence-corrected chi connectivity index (χ0v) is 15.8. The summed E-state index contributed by atoms with van der Waals surface area (Å²) in [6.07, 6.45) is 2.61. The highest BCUT2D eigenvalue weighted by Gasteiger charge is 2.11. The van der Waals surface area contributed by atoms with E-state index < -0.39 is 0 Å².